The molecule has 0 aromatic carbocycles. The summed E-state index contributed by atoms with van der Waals surface area (Å²) in [7, 11) is 0. The van der Waals surface area contributed by atoms with Crippen LogP contribution in [0.5, 0.6) is 0 Å². The third kappa shape index (κ3) is 4.58. The molecule has 1 aromatic rings. The van der Waals surface area contributed by atoms with E-state index in [1.54, 1.807) is 12.4 Å². The molecule has 0 aliphatic rings. The van der Waals surface area contributed by atoms with E-state index in [1.807, 2.05) is 33.8 Å². The Hall–Kier alpha value is -1.38. The molecule has 3 heteroatoms. The molecule has 0 atom stereocenters. The van der Waals surface area contributed by atoms with E-state index in [4.69, 9.17) is 4.74 Å². The molecule has 1 aromatic heterocycles. The highest BCUT2D eigenvalue weighted by molar-refractivity contribution is 5.72. The summed E-state index contributed by atoms with van der Waals surface area (Å²) < 4.78 is 5.21. The number of nitrogens with zero attached hydrogens (tertiary/aromatic N) is 1. The van der Waals surface area contributed by atoms with E-state index in [9.17, 15) is 4.79 Å². The van der Waals surface area contributed by atoms with Crippen molar-refractivity contribution in [2.75, 3.05) is 0 Å². The molecule has 0 aliphatic heterocycles. The van der Waals surface area contributed by atoms with Crippen LogP contribution in [-0.4, -0.2) is 16.6 Å². The first-order valence-electron chi connectivity index (χ1n) is 4.99. The summed E-state index contributed by atoms with van der Waals surface area (Å²) in [5.74, 6) is -0.213. The lowest BCUT2D eigenvalue weighted by atomic mass is 10.1. The first-order valence-corrected chi connectivity index (χ1v) is 4.99. The molecular formula is C12H17NO2. The van der Waals surface area contributed by atoms with E-state index in [1.165, 1.54) is 0 Å². The van der Waals surface area contributed by atoms with Gasteiger partial charge in [-0.2, -0.15) is 0 Å². The van der Waals surface area contributed by atoms with Gasteiger partial charge in [0, 0.05) is 12.4 Å². The van der Waals surface area contributed by atoms with Gasteiger partial charge in [0.1, 0.15) is 5.60 Å². The number of hydrogen-bond acceptors (Lipinski definition) is 3. The van der Waals surface area contributed by atoms with E-state index in [-0.39, 0.29) is 12.4 Å². The Labute approximate surface area is 90.5 Å². The first-order chi connectivity index (χ1) is 6.87. The van der Waals surface area contributed by atoms with Gasteiger partial charge in [-0.25, -0.2) is 0 Å². The van der Waals surface area contributed by atoms with Crippen LogP contribution >= 0.6 is 0 Å². The maximum Gasteiger partial charge on any atom is 0.310 e. The number of hydrogen-bond donors (Lipinski definition) is 0. The number of carbonyl (C=O) groups excluding carboxylic acids is 1. The van der Waals surface area contributed by atoms with Gasteiger partial charge in [-0.1, -0.05) is 6.07 Å². The van der Waals surface area contributed by atoms with Crippen LogP contribution in [-0.2, 0) is 16.0 Å². The van der Waals surface area contributed by atoms with Crippen LogP contribution in [0.25, 0.3) is 0 Å². The smallest absolute Gasteiger partial charge is 0.310 e. The van der Waals surface area contributed by atoms with Gasteiger partial charge in [0.2, 0.25) is 0 Å². The topological polar surface area (TPSA) is 39.2 Å². The molecule has 0 amide bonds. The highest BCUT2D eigenvalue weighted by Crippen LogP contribution is 2.10. The normalized spacial score (nSPS) is 11.2. The molecule has 82 valence electrons. The van der Waals surface area contributed by atoms with Crippen LogP contribution in [0.15, 0.2) is 18.5 Å². The molecule has 0 aliphatic carbocycles. The summed E-state index contributed by atoms with van der Waals surface area (Å²) in [6.07, 6.45) is 3.74. The summed E-state index contributed by atoms with van der Waals surface area (Å²) in [4.78, 5) is 15.5. The number of carbonyl (C=O) groups is 1. The first kappa shape index (κ1) is 11.7. The largest absolute Gasteiger partial charge is 0.460 e. The van der Waals surface area contributed by atoms with Crippen molar-refractivity contribution in [3.05, 3.63) is 29.6 Å². The summed E-state index contributed by atoms with van der Waals surface area (Å²) in [5, 5.41) is 0. The summed E-state index contributed by atoms with van der Waals surface area (Å²) in [6.45, 7) is 7.53. The van der Waals surface area contributed by atoms with Crippen LogP contribution < -0.4 is 0 Å². The Kier molecular flexibility index (Phi) is 3.45. The molecule has 0 spiro atoms. The van der Waals surface area contributed by atoms with Crippen molar-refractivity contribution in [3.63, 3.8) is 0 Å². The van der Waals surface area contributed by atoms with Gasteiger partial charge in [-0.3, -0.25) is 9.78 Å². The van der Waals surface area contributed by atoms with E-state index in [0.717, 1.165) is 11.1 Å². The Balaban J connectivity index is 2.59. The Morgan fingerprint density at radius 3 is 2.60 bits per heavy atom. The highest BCUT2D eigenvalue weighted by atomic mass is 16.6. The predicted octanol–water partition coefficient (Wildman–Crippen LogP) is 2.27. The van der Waals surface area contributed by atoms with Crippen molar-refractivity contribution < 1.29 is 9.53 Å². The molecule has 0 saturated heterocycles. The van der Waals surface area contributed by atoms with Crippen LogP contribution in [0.1, 0.15) is 31.9 Å². The Morgan fingerprint density at radius 1 is 1.40 bits per heavy atom. The fourth-order valence-electron chi connectivity index (χ4n) is 1.26. The van der Waals surface area contributed by atoms with Crippen molar-refractivity contribution in [3.8, 4) is 0 Å². The van der Waals surface area contributed by atoms with Gasteiger partial charge in [0.05, 0.1) is 6.42 Å². The fourth-order valence-corrected chi connectivity index (χ4v) is 1.26. The molecule has 0 fully saturated rings. The maximum atomic E-state index is 11.5. The minimum Gasteiger partial charge on any atom is -0.460 e. The Morgan fingerprint density at radius 2 is 2.07 bits per heavy atom. The van der Waals surface area contributed by atoms with Gasteiger partial charge in [0.15, 0.2) is 0 Å². The second kappa shape index (κ2) is 4.43. The van der Waals surface area contributed by atoms with Crippen molar-refractivity contribution in [1.29, 1.82) is 0 Å². The zero-order valence-corrected chi connectivity index (χ0v) is 9.70. The number of aryl methyl sites for hydroxylation is 1. The van der Waals surface area contributed by atoms with E-state index in [2.05, 4.69) is 4.98 Å². The average Bonchev–Trinajstić information content (AvgIpc) is 1.99. The molecule has 0 N–H and O–H groups in total. The summed E-state index contributed by atoms with van der Waals surface area (Å²) >= 11 is 0. The zero-order valence-electron chi connectivity index (χ0n) is 9.70. The molecule has 3 nitrogen and oxygen atoms in total. The van der Waals surface area contributed by atoms with Crippen molar-refractivity contribution in [1.82, 2.24) is 4.98 Å². The molecule has 0 unspecified atom stereocenters. The monoisotopic (exact) mass is 207 g/mol. The van der Waals surface area contributed by atoms with E-state index >= 15 is 0 Å². The zero-order chi connectivity index (χ0) is 11.5. The molecular weight excluding hydrogens is 190 g/mol. The highest BCUT2D eigenvalue weighted by Gasteiger charge is 2.16. The second-order valence-corrected chi connectivity index (χ2v) is 4.63. The lowest BCUT2D eigenvalue weighted by Gasteiger charge is -2.19. The molecule has 0 bridgehead atoms. The average molecular weight is 207 g/mol. The van der Waals surface area contributed by atoms with E-state index in [0.29, 0.717) is 0 Å². The van der Waals surface area contributed by atoms with Crippen LogP contribution in [0.2, 0.25) is 0 Å². The SMILES string of the molecule is Cc1cncc(CC(=O)OC(C)(C)C)c1. The molecule has 1 heterocycles. The fraction of sp³-hybridized carbons (Fsp3) is 0.500. The number of ether oxygens (including phenoxy) is 1. The van der Waals surface area contributed by atoms with Crippen LogP contribution in [0, 0.1) is 6.92 Å². The van der Waals surface area contributed by atoms with E-state index < -0.39 is 5.60 Å². The third-order valence-corrected chi connectivity index (χ3v) is 1.70. The number of esters is 1. The predicted molar refractivity (Wildman–Crippen MR) is 58.5 cm³/mol. The van der Waals surface area contributed by atoms with Gasteiger partial charge in [-0.05, 0) is 38.8 Å². The molecule has 0 saturated carbocycles. The summed E-state index contributed by atoms with van der Waals surface area (Å²) in [6, 6.07) is 1.94. The van der Waals surface area contributed by atoms with Gasteiger partial charge in [0.25, 0.3) is 0 Å². The third-order valence-electron chi connectivity index (χ3n) is 1.70. The minimum atomic E-state index is -0.422. The van der Waals surface area contributed by atoms with Gasteiger partial charge in [-0.15, -0.1) is 0 Å². The summed E-state index contributed by atoms with van der Waals surface area (Å²) in [5.41, 5.74) is 1.52. The molecule has 15 heavy (non-hydrogen) atoms. The van der Waals surface area contributed by atoms with Crippen LogP contribution in [0.3, 0.4) is 0 Å². The van der Waals surface area contributed by atoms with Crippen molar-refractivity contribution in [2.24, 2.45) is 0 Å². The quantitative estimate of drug-likeness (QED) is 0.698. The number of pyridine rings is 1. The lowest BCUT2D eigenvalue weighted by Crippen LogP contribution is -2.24. The lowest BCUT2D eigenvalue weighted by molar-refractivity contribution is -0.153. The Bertz CT molecular complexity index is 353. The number of rotatable bonds is 2. The number of aromatic nitrogens is 1. The maximum absolute atomic E-state index is 11.5. The molecule has 1 rings (SSSR count). The molecule has 0 radical (unpaired) electrons. The van der Waals surface area contributed by atoms with Crippen molar-refractivity contribution in [2.45, 2.75) is 39.7 Å². The second-order valence-electron chi connectivity index (χ2n) is 4.63. The van der Waals surface area contributed by atoms with Gasteiger partial charge >= 0.3 is 5.97 Å². The van der Waals surface area contributed by atoms with Gasteiger partial charge < -0.3 is 4.74 Å². The van der Waals surface area contributed by atoms with Crippen LogP contribution in [0.4, 0.5) is 0 Å². The van der Waals surface area contributed by atoms with Crippen molar-refractivity contribution >= 4 is 5.97 Å². The minimum absolute atomic E-state index is 0.213. The standard InChI is InChI=1S/C12H17NO2/c1-9-5-10(8-13-7-9)6-11(14)15-12(2,3)4/h5,7-8H,6H2,1-4H3.